The summed E-state index contributed by atoms with van der Waals surface area (Å²) < 4.78 is 0. The Morgan fingerprint density at radius 1 is 1.15 bits per heavy atom. The van der Waals surface area contributed by atoms with E-state index in [1.54, 1.807) is 0 Å². The molecule has 3 amide bonds. The van der Waals surface area contributed by atoms with Crippen molar-refractivity contribution in [2.45, 2.75) is 31.7 Å². The van der Waals surface area contributed by atoms with Crippen molar-refractivity contribution >= 4 is 29.4 Å². The molecule has 0 spiro atoms. The van der Waals surface area contributed by atoms with Gasteiger partial charge in [-0.1, -0.05) is 18.6 Å². The number of carbonyl (C=O) groups excluding carboxylic acids is 2. The highest BCUT2D eigenvalue weighted by Crippen LogP contribution is 2.25. The van der Waals surface area contributed by atoms with Gasteiger partial charge < -0.3 is 21.3 Å². The molecule has 1 aliphatic carbocycles. The SMILES string of the molecule is NC(=O)[C@H]1CCC[C@@H]1NC(=O)Nc1ccc(CCN2CCSCC2)cc1. The molecule has 2 aliphatic rings. The fourth-order valence-electron chi connectivity index (χ4n) is 3.68. The molecule has 1 aromatic carbocycles. The molecule has 0 unspecified atom stereocenters. The third-order valence-corrected chi connectivity index (χ3v) is 6.17. The average Bonchev–Trinajstić information content (AvgIpc) is 3.10. The van der Waals surface area contributed by atoms with Crippen molar-refractivity contribution in [3.05, 3.63) is 29.8 Å². The highest BCUT2D eigenvalue weighted by molar-refractivity contribution is 7.99. The first-order chi connectivity index (χ1) is 12.6. The minimum absolute atomic E-state index is 0.158. The summed E-state index contributed by atoms with van der Waals surface area (Å²) >= 11 is 2.03. The van der Waals surface area contributed by atoms with E-state index in [4.69, 9.17) is 5.73 Å². The summed E-state index contributed by atoms with van der Waals surface area (Å²) in [6.07, 6.45) is 3.50. The molecule has 2 atom stereocenters. The Balaban J connectivity index is 1.44. The van der Waals surface area contributed by atoms with Crippen molar-refractivity contribution in [2.24, 2.45) is 11.7 Å². The number of nitrogens with one attached hydrogen (secondary N) is 2. The highest BCUT2D eigenvalue weighted by atomic mass is 32.2. The molecule has 0 radical (unpaired) electrons. The van der Waals surface area contributed by atoms with Crippen molar-refractivity contribution in [1.29, 1.82) is 0 Å². The molecule has 0 aromatic heterocycles. The van der Waals surface area contributed by atoms with Crippen LogP contribution in [-0.2, 0) is 11.2 Å². The molecule has 1 saturated carbocycles. The van der Waals surface area contributed by atoms with Gasteiger partial charge >= 0.3 is 6.03 Å². The number of rotatable bonds is 6. The first-order valence-corrected chi connectivity index (χ1v) is 10.5. The van der Waals surface area contributed by atoms with E-state index in [1.807, 2.05) is 23.9 Å². The number of nitrogens with zero attached hydrogens (tertiary/aromatic N) is 1. The van der Waals surface area contributed by atoms with Crippen LogP contribution in [0.15, 0.2) is 24.3 Å². The average molecular weight is 377 g/mol. The summed E-state index contributed by atoms with van der Waals surface area (Å²) in [6, 6.07) is 7.56. The van der Waals surface area contributed by atoms with Gasteiger partial charge in [-0.2, -0.15) is 11.8 Å². The number of nitrogens with two attached hydrogens (primary N) is 1. The number of hydrogen-bond donors (Lipinski definition) is 3. The third-order valence-electron chi connectivity index (χ3n) is 5.23. The van der Waals surface area contributed by atoms with Crippen LogP contribution in [-0.4, -0.2) is 54.0 Å². The van der Waals surface area contributed by atoms with Crippen molar-refractivity contribution in [2.75, 3.05) is 36.5 Å². The van der Waals surface area contributed by atoms with Crippen LogP contribution in [0.25, 0.3) is 0 Å². The van der Waals surface area contributed by atoms with Crippen LogP contribution in [0.2, 0.25) is 0 Å². The van der Waals surface area contributed by atoms with E-state index in [0.717, 1.165) is 37.9 Å². The van der Waals surface area contributed by atoms with E-state index in [0.29, 0.717) is 0 Å². The fraction of sp³-hybridized carbons (Fsp3) is 0.579. The van der Waals surface area contributed by atoms with E-state index in [1.165, 1.54) is 30.2 Å². The lowest BCUT2D eigenvalue weighted by atomic mass is 10.0. The molecule has 3 rings (SSSR count). The summed E-state index contributed by atoms with van der Waals surface area (Å²) in [4.78, 5) is 26.1. The molecule has 1 aliphatic heterocycles. The third kappa shape index (κ3) is 5.38. The molecule has 6 nitrogen and oxygen atoms in total. The van der Waals surface area contributed by atoms with Crippen LogP contribution in [0.1, 0.15) is 24.8 Å². The summed E-state index contributed by atoms with van der Waals surface area (Å²) in [5.74, 6) is 1.88. The standard InChI is InChI=1S/C19H28N4O2S/c20-18(24)16-2-1-3-17(16)22-19(25)21-15-6-4-14(5-7-15)8-9-23-10-12-26-13-11-23/h4-7,16-17H,1-3,8-13H2,(H2,20,24)(H2,21,22,25)/t16-,17-/m0/s1. The predicted octanol–water partition coefficient (Wildman–Crippen LogP) is 2.05. The Morgan fingerprint density at radius 3 is 2.58 bits per heavy atom. The Kier molecular flexibility index (Phi) is 6.80. The second-order valence-corrected chi connectivity index (χ2v) is 8.27. The van der Waals surface area contributed by atoms with E-state index < -0.39 is 0 Å². The van der Waals surface area contributed by atoms with Crippen molar-refractivity contribution in [3.63, 3.8) is 0 Å². The van der Waals surface area contributed by atoms with Gasteiger partial charge in [-0.05, 0) is 37.0 Å². The zero-order valence-corrected chi connectivity index (χ0v) is 15.9. The molecule has 1 heterocycles. The number of hydrogen-bond acceptors (Lipinski definition) is 4. The maximum absolute atomic E-state index is 12.2. The van der Waals surface area contributed by atoms with Gasteiger partial charge in [-0.15, -0.1) is 0 Å². The minimum atomic E-state index is -0.329. The number of carbonyl (C=O) groups is 2. The number of amides is 3. The van der Waals surface area contributed by atoms with Crippen LogP contribution in [0.3, 0.4) is 0 Å². The Bertz CT molecular complexity index is 616. The van der Waals surface area contributed by atoms with Gasteiger partial charge in [-0.25, -0.2) is 4.79 Å². The summed E-state index contributed by atoms with van der Waals surface area (Å²) in [5, 5.41) is 5.73. The molecule has 26 heavy (non-hydrogen) atoms. The van der Waals surface area contributed by atoms with Crippen molar-refractivity contribution in [1.82, 2.24) is 10.2 Å². The number of thioether (sulfide) groups is 1. The largest absolute Gasteiger partial charge is 0.369 e. The predicted molar refractivity (Wildman–Crippen MR) is 106 cm³/mol. The molecule has 7 heteroatoms. The minimum Gasteiger partial charge on any atom is -0.369 e. The van der Waals surface area contributed by atoms with Gasteiger partial charge in [0.2, 0.25) is 5.91 Å². The molecule has 1 aromatic rings. The van der Waals surface area contributed by atoms with Gasteiger partial charge in [0.05, 0.1) is 5.92 Å². The van der Waals surface area contributed by atoms with Gasteiger partial charge in [0.15, 0.2) is 0 Å². The van der Waals surface area contributed by atoms with Crippen LogP contribution < -0.4 is 16.4 Å². The zero-order chi connectivity index (χ0) is 18.4. The Morgan fingerprint density at radius 2 is 1.88 bits per heavy atom. The topological polar surface area (TPSA) is 87.5 Å². The summed E-state index contributed by atoms with van der Waals surface area (Å²) in [6.45, 7) is 3.44. The zero-order valence-electron chi connectivity index (χ0n) is 15.1. The lowest BCUT2D eigenvalue weighted by molar-refractivity contribution is -0.122. The molecular formula is C19H28N4O2S. The van der Waals surface area contributed by atoms with Crippen LogP contribution in [0.5, 0.6) is 0 Å². The smallest absolute Gasteiger partial charge is 0.319 e. The normalized spacial score (nSPS) is 23.5. The maximum atomic E-state index is 12.2. The molecule has 2 fully saturated rings. The van der Waals surface area contributed by atoms with E-state index in [-0.39, 0.29) is 23.9 Å². The van der Waals surface area contributed by atoms with E-state index in [2.05, 4.69) is 27.7 Å². The van der Waals surface area contributed by atoms with Crippen LogP contribution >= 0.6 is 11.8 Å². The fourth-order valence-corrected chi connectivity index (χ4v) is 4.65. The number of benzene rings is 1. The maximum Gasteiger partial charge on any atom is 0.319 e. The summed E-state index contributed by atoms with van der Waals surface area (Å²) in [7, 11) is 0. The summed E-state index contributed by atoms with van der Waals surface area (Å²) in [5.41, 5.74) is 7.44. The van der Waals surface area contributed by atoms with Crippen LogP contribution in [0, 0.1) is 5.92 Å². The molecule has 1 saturated heterocycles. The van der Waals surface area contributed by atoms with E-state index >= 15 is 0 Å². The molecule has 142 valence electrons. The second kappa shape index (κ2) is 9.28. The number of urea groups is 1. The molecule has 4 N–H and O–H groups in total. The van der Waals surface area contributed by atoms with Crippen LogP contribution in [0.4, 0.5) is 10.5 Å². The number of anilines is 1. The molecule has 0 bridgehead atoms. The number of primary amides is 1. The van der Waals surface area contributed by atoms with Gasteiger partial charge in [0.1, 0.15) is 0 Å². The first-order valence-electron chi connectivity index (χ1n) is 9.38. The Hall–Kier alpha value is -1.73. The quantitative estimate of drug-likeness (QED) is 0.709. The second-order valence-electron chi connectivity index (χ2n) is 7.05. The first kappa shape index (κ1) is 19.0. The lowest BCUT2D eigenvalue weighted by Crippen LogP contribution is -2.44. The monoisotopic (exact) mass is 376 g/mol. The molecular weight excluding hydrogens is 348 g/mol. The van der Waals surface area contributed by atoms with E-state index in [9.17, 15) is 9.59 Å². The Labute approximate surface area is 159 Å². The van der Waals surface area contributed by atoms with Gasteiger partial charge in [-0.3, -0.25) is 4.79 Å². The van der Waals surface area contributed by atoms with Gasteiger partial charge in [0, 0.05) is 42.9 Å². The lowest BCUT2D eigenvalue weighted by Gasteiger charge is -2.26. The highest BCUT2D eigenvalue weighted by Gasteiger charge is 2.32. The van der Waals surface area contributed by atoms with Gasteiger partial charge in [0.25, 0.3) is 0 Å². The van der Waals surface area contributed by atoms with Crippen molar-refractivity contribution < 1.29 is 9.59 Å². The van der Waals surface area contributed by atoms with Crippen molar-refractivity contribution in [3.8, 4) is 0 Å².